The molecule has 1 heterocycles. The standard InChI is InChI=1S/C20H24N2O3/c1-24-18-9-17(10-19(11-18)25-2)16-6-7-22(13-16)12-14-4-3-5-15(8-14)20(21)23/h3-5,8-11,16H,6-7,12-13H2,1-2H3,(H2,21,23)/t16-/m0/s1. The van der Waals surface area contributed by atoms with Gasteiger partial charge in [0.25, 0.3) is 0 Å². The molecule has 132 valence electrons. The molecule has 0 radical (unpaired) electrons. The lowest BCUT2D eigenvalue weighted by Gasteiger charge is -2.17. The van der Waals surface area contributed by atoms with E-state index in [9.17, 15) is 4.79 Å². The topological polar surface area (TPSA) is 64.8 Å². The van der Waals surface area contributed by atoms with Crippen LogP contribution >= 0.6 is 0 Å². The van der Waals surface area contributed by atoms with Gasteiger partial charge in [-0.15, -0.1) is 0 Å². The molecule has 0 aromatic heterocycles. The van der Waals surface area contributed by atoms with Gasteiger partial charge in [-0.2, -0.15) is 0 Å². The minimum atomic E-state index is -0.385. The van der Waals surface area contributed by atoms with Gasteiger partial charge in [0.05, 0.1) is 14.2 Å². The highest BCUT2D eigenvalue weighted by Crippen LogP contribution is 2.33. The Morgan fingerprint density at radius 3 is 2.52 bits per heavy atom. The first-order valence-corrected chi connectivity index (χ1v) is 8.43. The van der Waals surface area contributed by atoms with Gasteiger partial charge in [0, 0.05) is 24.7 Å². The molecule has 25 heavy (non-hydrogen) atoms. The maximum Gasteiger partial charge on any atom is 0.248 e. The minimum absolute atomic E-state index is 0.385. The molecular formula is C20H24N2O3. The smallest absolute Gasteiger partial charge is 0.248 e. The quantitative estimate of drug-likeness (QED) is 0.878. The SMILES string of the molecule is COc1cc(OC)cc([C@H]2CCN(Cc3cccc(C(N)=O)c3)C2)c1. The fourth-order valence-corrected chi connectivity index (χ4v) is 3.39. The molecule has 5 heteroatoms. The number of hydrogen-bond acceptors (Lipinski definition) is 4. The van der Waals surface area contributed by atoms with Gasteiger partial charge in [-0.05, 0) is 54.3 Å². The predicted molar refractivity (Wildman–Crippen MR) is 97.1 cm³/mol. The van der Waals surface area contributed by atoms with Gasteiger partial charge in [-0.3, -0.25) is 9.69 Å². The number of amides is 1. The van der Waals surface area contributed by atoms with Crippen molar-refractivity contribution in [2.24, 2.45) is 5.73 Å². The lowest BCUT2D eigenvalue weighted by Crippen LogP contribution is -2.20. The molecule has 2 aromatic rings. The van der Waals surface area contributed by atoms with E-state index in [0.717, 1.165) is 43.1 Å². The Kier molecular flexibility index (Phi) is 5.24. The summed E-state index contributed by atoms with van der Waals surface area (Å²) in [4.78, 5) is 13.7. The van der Waals surface area contributed by atoms with Crippen molar-refractivity contribution < 1.29 is 14.3 Å². The predicted octanol–water partition coefficient (Wildman–Crippen LogP) is 2.79. The van der Waals surface area contributed by atoms with Crippen molar-refractivity contribution >= 4 is 5.91 Å². The monoisotopic (exact) mass is 340 g/mol. The number of likely N-dealkylation sites (tertiary alicyclic amines) is 1. The van der Waals surface area contributed by atoms with Gasteiger partial charge in [-0.25, -0.2) is 0 Å². The molecular weight excluding hydrogens is 316 g/mol. The van der Waals surface area contributed by atoms with Gasteiger partial charge in [-0.1, -0.05) is 12.1 Å². The molecule has 1 fully saturated rings. The molecule has 0 spiro atoms. The van der Waals surface area contributed by atoms with Crippen molar-refractivity contribution in [1.82, 2.24) is 4.90 Å². The third kappa shape index (κ3) is 4.12. The summed E-state index contributed by atoms with van der Waals surface area (Å²) in [5, 5.41) is 0. The van der Waals surface area contributed by atoms with Crippen LogP contribution in [0.2, 0.25) is 0 Å². The Bertz CT molecular complexity index is 738. The van der Waals surface area contributed by atoms with Crippen LogP contribution in [0.1, 0.15) is 33.8 Å². The third-order valence-electron chi connectivity index (χ3n) is 4.74. The van der Waals surface area contributed by atoms with Crippen molar-refractivity contribution in [2.75, 3.05) is 27.3 Å². The number of rotatable bonds is 6. The van der Waals surface area contributed by atoms with Gasteiger partial charge >= 0.3 is 0 Å². The van der Waals surface area contributed by atoms with E-state index in [0.29, 0.717) is 11.5 Å². The van der Waals surface area contributed by atoms with Crippen molar-refractivity contribution in [3.8, 4) is 11.5 Å². The van der Waals surface area contributed by atoms with E-state index in [2.05, 4.69) is 17.0 Å². The Hall–Kier alpha value is -2.53. The van der Waals surface area contributed by atoms with E-state index >= 15 is 0 Å². The van der Waals surface area contributed by atoms with Gasteiger partial charge in [0.1, 0.15) is 11.5 Å². The minimum Gasteiger partial charge on any atom is -0.497 e. The van der Waals surface area contributed by atoms with Crippen LogP contribution in [-0.2, 0) is 6.54 Å². The third-order valence-corrected chi connectivity index (χ3v) is 4.74. The first-order valence-electron chi connectivity index (χ1n) is 8.43. The maximum atomic E-state index is 11.3. The average Bonchev–Trinajstić information content (AvgIpc) is 3.10. The Morgan fingerprint density at radius 2 is 1.88 bits per heavy atom. The number of hydrogen-bond donors (Lipinski definition) is 1. The fourth-order valence-electron chi connectivity index (χ4n) is 3.39. The van der Waals surface area contributed by atoms with Crippen LogP contribution in [0.4, 0.5) is 0 Å². The Balaban J connectivity index is 1.70. The average molecular weight is 340 g/mol. The van der Waals surface area contributed by atoms with E-state index in [1.807, 2.05) is 24.3 Å². The molecule has 3 rings (SSSR count). The number of ether oxygens (including phenoxy) is 2. The van der Waals surface area contributed by atoms with Crippen LogP contribution in [0.5, 0.6) is 11.5 Å². The highest BCUT2D eigenvalue weighted by Gasteiger charge is 2.25. The normalized spacial score (nSPS) is 17.4. The van der Waals surface area contributed by atoms with Crippen LogP contribution in [-0.4, -0.2) is 38.1 Å². The summed E-state index contributed by atoms with van der Waals surface area (Å²) >= 11 is 0. The fraction of sp³-hybridized carbons (Fsp3) is 0.350. The summed E-state index contributed by atoms with van der Waals surface area (Å²) in [5.41, 5.74) is 8.28. The summed E-state index contributed by atoms with van der Waals surface area (Å²) in [6.07, 6.45) is 1.09. The maximum absolute atomic E-state index is 11.3. The van der Waals surface area contributed by atoms with Crippen LogP contribution < -0.4 is 15.2 Å². The van der Waals surface area contributed by atoms with Gasteiger partial charge < -0.3 is 15.2 Å². The molecule has 0 aliphatic carbocycles. The van der Waals surface area contributed by atoms with E-state index in [-0.39, 0.29) is 5.91 Å². The number of nitrogens with zero attached hydrogens (tertiary/aromatic N) is 1. The van der Waals surface area contributed by atoms with Crippen molar-refractivity contribution in [2.45, 2.75) is 18.9 Å². The van der Waals surface area contributed by atoms with Crippen molar-refractivity contribution in [1.29, 1.82) is 0 Å². The summed E-state index contributed by atoms with van der Waals surface area (Å²) in [7, 11) is 3.34. The number of carbonyl (C=O) groups is 1. The summed E-state index contributed by atoms with van der Waals surface area (Å²) in [5.74, 6) is 1.71. The Morgan fingerprint density at radius 1 is 1.16 bits per heavy atom. The van der Waals surface area contributed by atoms with Crippen LogP contribution in [0, 0.1) is 0 Å². The van der Waals surface area contributed by atoms with Crippen LogP contribution in [0.3, 0.4) is 0 Å². The second-order valence-electron chi connectivity index (χ2n) is 6.43. The largest absolute Gasteiger partial charge is 0.497 e. The first-order chi connectivity index (χ1) is 12.1. The van der Waals surface area contributed by atoms with E-state index in [1.165, 1.54) is 5.56 Å². The Labute approximate surface area is 148 Å². The summed E-state index contributed by atoms with van der Waals surface area (Å²) < 4.78 is 10.8. The second-order valence-corrected chi connectivity index (χ2v) is 6.43. The van der Waals surface area contributed by atoms with E-state index < -0.39 is 0 Å². The van der Waals surface area contributed by atoms with Gasteiger partial charge in [0.15, 0.2) is 0 Å². The summed E-state index contributed by atoms with van der Waals surface area (Å²) in [6, 6.07) is 13.6. The highest BCUT2D eigenvalue weighted by molar-refractivity contribution is 5.92. The molecule has 1 amide bonds. The number of carbonyl (C=O) groups excluding carboxylic acids is 1. The highest BCUT2D eigenvalue weighted by atomic mass is 16.5. The lowest BCUT2D eigenvalue weighted by molar-refractivity contribution is 0.1000. The molecule has 1 saturated heterocycles. The number of primary amides is 1. The zero-order valence-electron chi connectivity index (χ0n) is 14.7. The second kappa shape index (κ2) is 7.57. The summed E-state index contributed by atoms with van der Waals surface area (Å²) in [6.45, 7) is 2.81. The lowest BCUT2D eigenvalue weighted by atomic mass is 9.98. The van der Waals surface area contributed by atoms with Crippen LogP contribution in [0.15, 0.2) is 42.5 Å². The van der Waals surface area contributed by atoms with Crippen LogP contribution in [0.25, 0.3) is 0 Å². The number of methoxy groups -OCH3 is 2. The van der Waals surface area contributed by atoms with Crippen molar-refractivity contribution in [3.63, 3.8) is 0 Å². The number of nitrogens with two attached hydrogens (primary N) is 1. The zero-order valence-corrected chi connectivity index (χ0v) is 14.7. The molecule has 5 nitrogen and oxygen atoms in total. The first kappa shape index (κ1) is 17.3. The van der Waals surface area contributed by atoms with E-state index in [1.54, 1.807) is 20.3 Å². The molecule has 1 aliphatic heterocycles. The molecule has 1 atom stereocenters. The molecule has 2 aromatic carbocycles. The molecule has 0 unspecified atom stereocenters. The van der Waals surface area contributed by atoms with Crippen molar-refractivity contribution in [3.05, 3.63) is 59.2 Å². The van der Waals surface area contributed by atoms with E-state index in [4.69, 9.17) is 15.2 Å². The number of benzene rings is 2. The molecule has 0 bridgehead atoms. The molecule has 2 N–H and O–H groups in total. The molecule has 1 aliphatic rings. The van der Waals surface area contributed by atoms with Gasteiger partial charge in [0.2, 0.25) is 5.91 Å². The zero-order chi connectivity index (χ0) is 17.8. The molecule has 0 saturated carbocycles.